The molecule has 0 radical (unpaired) electrons. The number of nitrogens with one attached hydrogen (secondary N) is 1. The van der Waals surface area contributed by atoms with Crippen molar-refractivity contribution in [3.05, 3.63) is 53.0 Å². The first-order valence-corrected chi connectivity index (χ1v) is 8.59. The molecule has 0 atom stereocenters. The van der Waals surface area contributed by atoms with Gasteiger partial charge in [-0.2, -0.15) is 13.2 Å². The van der Waals surface area contributed by atoms with E-state index in [9.17, 15) is 22.8 Å². The van der Waals surface area contributed by atoms with Crippen LogP contribution in [0.5, 0.6) is 0 Å². The van der Waals surface area contributed by atoms with Crippen molar-refractivity contribution in [2.75, 3.05) is 6.54 Å². The van der Waals surface area contributed by atoms with Crippen LogP contribution in [-0.2, 0) is 22.2 Å². The minimum atomic E-state index is -4.42. The topological polar surface area (TPSA) is 79.3 Å². The van der Waals surface area contributed by atoms with E-state index in [1.165, 1.54) is 17.4 Å². The lowest BCUT2D eigenvalue weighted by molar-refractivity contribution is -0.138. The smallest absolute Gasteiger partial charge is 0.416 e. The maximum absolute atomic E-state index is 12.9. The molecule has 0 bridgehead atoms. The molecule has 9 heteroatoms. The fourth-order valence-corrected chi connectivity index (χ4v) is 3.43. The van der Waals surface area contributed by atoms with E-state index < -0.39 is 30.2 Å². The molecule has 27 heavy (non-hydrogen) atoms. The molecule has 0 aliphatic carbocycles. The van der Waals surface area contributed by atoms with Crippen LogP contribution >= 0.6 is 11.3 Å². The van der Waals surface area contributed by atoms with E-state index in [0.717, 1.165) is 16.8 Å². The number of rotatable bonds is 5. The van der Waals surface area contributed by atoms with Gasteiger partial charge in [0.1, 0.15) is 11.6 Å². The fraction of sp³-hybridized carbons (Fsp3) is 0.167. The van der Waals surface area contributed by atoms with Crippen molar-refractivity contribution in [2.24, 2.45) is 0 Å². The molecule has 0 fully saturated rings. The predicted octanol–water partition coefficient (Wildman–Crippen LogP) is 3.73. The summed E-state index contributed by atoms with van der Waals surface area (Å²) in [6.45, 7) is -0.469. The van der Waals surface area contributed by atoms with Gasteiger partial charge in [0.15, 0.2) is 0 Å². The molecule has 1 heterocycles. The Morgan fingerprint density at radius 1 is 1.11 bits per heavy atom. The second-order valence-corrected chi connectivity index (χ2v) is 6.83. The SMILES string of the molecule is O=C(O)CNC(=O)Cc1nc2cc(-c3cccc(C(F)(F)F)c3)ccc2s1. The highest BCUT2D eigenvalue weighted by Gasteiger charge is 2.30. The largest absolute Gasteiger partial charge is 0.480 e. The number of hydrogen-bond acceptors (Lipinski definition) is 4. The van der Waals surface area contributed by atoms with Crippen LogP contribution in [0.2, 0.25) is 0 Å². The van der Waals surface area contributed by atoms with Crippen LogP contribution in [0.4, 0.5) is 13.2 Å². The quantitative estimate of drug-likeness (QED) is 0.691. The van der Waals surface area contributed by atoms with Gasteiger partial charge in [-0.15, -0.1) is 11.3 Å². The third kappa shape index (κ3) is 4.62. The van der Waals surface area contributed by atoms with E-state index >= 15 is 0 Å². The number of carbonyl (C=O) groups is 2. The molecule has 1 amide bonds. The van der Waals surface area contributed by atoms with Crippen molar-refractivity contribution in [1.82, 2.24) is 10.3 Å². The lowest BCUT2D eigenvalue weighted by atomic mass is 10.0. The number of carboxylic acid groups (broad SMARTS) is 1. The van der Waals surface area contributed by atoms with Gasteiger partial charge in [-0.3, -0.25) is 9.59 Å². The first kappa shape index (κ1) is 18.8. The van der Waals surface area contributed by atoms with Gasteiger partial charge in [-0.25, -0.2) is 4.98 Å². The molecule has 0 aliphatic heterocycles. The third-order valence-corrected chi connectivity index (χ3v) is 4.74. The maximum atomic E-state index is 12.9. The summed E-state index contributed by atoms with van der Waals surface area (Å²) in [6.07, 6.45) is -4.48. The van der Waals surface area contributed by atoms with Crippen LogP contribution in [0.3, 0.4) is 0 Å². The first-order valence-electron chi connectivity index (χ1n) is 7.78. The lowest BCUT2D eigenvalue weighted by Crippen LogP contribution is -2.30. The van der Waals surface area contributed by atoms with Gasteiger partial charge in [-0.1, -0.05) is 18.2 Å². The monoisotopic (exact) mass is 394 g/mol. The van der Waals surface area contributed by atoms with Gasteiger partial charge >= 0.3 is 12.1 Å². The zero-order valence-electron chi connectivity index (χ0n) is 13.7. The molecule has 0 spiro atoms. The minimum absolute atomic E-state index is 0.0640. The molecule has 0 saturated carbocycles. The van der Waals surface area contributed by atoms with Crippen molar-refractivity contribution in [3.8, 4) is 11.1 Å². The Balaban J connectivity index is 1.84. The van der Waals surface area contributed by atoms with Crippen molar-refractivity contribution < 1.29 is 27.9 Å². The molecule has 0 aliphatic rings. The number of amides is 1. The van der Waals surface area contributed by atoms with Crippen LogP contribution in [-0.4, -0.2) is 28.5 Å². The Morgan fingerprint density at radius 2 is 1.85 bits per heavy atom. The maximum Gasteiger partial charge on any atom is 0.416 e. The summed E-state index contributed by atoms with van der Waals surface area (Å²) in [5.41, 5.74) is 0.839. The summed E-state index contributed by atoms with van der Waals surface area (Å²) in [7, 11) is 0. The highest BCUT2D eigenvalue weighted by atomic mass is 32.1. The van der Waals surface area contributed by atoms with Gasteiger partial charge in [0.25, 0.3) is 0 Å². The van der Waals surface area contributed by atoms with Crippen molar-refractivity contribution in [1.29, 1.82) is 0 Å². The minimum Gasteiger partial charge on any atom is -0.480 e. The van der Waals surface area contributed by atoms with Gasteiger partial charge in [0.2, 0.25) is 5.91 Å². The van der Waals surface area contributed by atoms with Gasteiger partial charge < -0.3 is 10.4 Å². The van der Waals surface area contributed by atoms with Gasteiger partial charge in [0, 0.05) is 0 Å². The molecular weight excluding hydrogens is 381 g/mol. The number of aliphatic carboxylic acids is 1. The fourth-order valence-electron chi connectivity index (χ4n) is 2.48. The normalized spacial score (nSPS) is 11.5. The summed E-state index contributed by atoms with van der Waals surface area (Å²) in [5.74, 6) is -1.60. The van der Waals surface area contributed by atoms with Crippen LogP contribution in [0.15, 0.2) is 42.5 Å². The highest BCUT2D eigenvalue weighted by Crippen LogP contribution is 2.33. The average Bonchev–Trinajstić information content (AvgIpc) is 3.00. The Morgan fingerprint density at radius 3 is 2.56 bits per heavy atom. The number of benzene rings is 2. The molecular formula is C18H13F3N2O3S. The van der Waals surface area contributed by atoms with Crippen LogP contribution < -0.4 is 5.32 Å². The van der Waals surface area contributed by atoms with E-state index in [1.54, 1.807) is 24.3 Å². The number of carbonyl (C=O) groups excluding carboxylic acids is 1. The summed E-state index contributed by atoms with van der Waals surface area (Å²) < 4.78 is 39.5. The first-order chi connectivity index (χ1) is 12.7. The Hall–Kier alpha value is -2.94. The van der Waals surface area contributed by atoms with Crippen molar-refractivity contribution in [3.63, 3.8) is 0 Å². The van der Waals surface area contributed by atoms with Gasteiger partial charge in [-0.05, 0) is 35.4 Å². The molecule has 3 rings (SSSR count). The summed E-state index contributed by atoms with van der Waals surface area (Å²) in [5, 5.41) is 11.3. The molecule has 2 N–H and O–H groups in total. The number of thiazole rings is 1. The lowest BCUT2D eigenvalue weighted by Gasteiger charge is -2.08. The zero-order chi connectivity index (χ0) is 19.6. The number of aromatic nitrogens is 1. The summed E-state index contributed by atoms with van der Waals surface area (Å²) >= 11 is 1.27. The van der Waals surface area contributed by atoms with Crippen molar-refractivity contribution in [2.45, 2.75) is 12.6 Å². The molecule has 0 unspecified atom stereocenters. The highest BCUT2D eigenvalue weighted by molar-refractivity contribution is 7.18. The van der Waals surface area contributed by atoms with Gasteiger partial charge in [0.05, 0.1) is 22.2 Å². The number of hydrogen-bond donors (Lipinski definition) is 2. The third-order valence-electron chi connectivity index (χ3n) is 3.70. The molecule has 1 aromatic heterocycles. The van der Waals surface area contributed by atoms with Crippen molar-refractivity contribution >= 4 is 33.4 Å². The molecule has 5 nitrogen and oxygen atoms in total. The Bertz CT molecular complexity index is 1010. The second-order valence-electron chi connectivity index (χ2n) is 5.72. The van der Waals surface area contributed by atoms with E-state index in [4.69, 9.17) is 5.11 Å². The van der Waals surface area contributed by atoms with E-state index in [-0.39, 0.29) is 6.42 Å². The van der Waals surface area contributed by atoms with E-state index in [2.05, 4.69) is 10.3 Å². The Labute approximate surface area is 155 Å². The number of alkyl halides is 3. The second kappa shape index (κ2) is 7.36. The summed E-state index contributed by atoms with van der Waals surface area (Å²) in [6, 6.07) is 10.1. The predicted molar refractivity (Wildman–Crippen MR) is 94.4 cm³/mol. The van der Waals surface area contributed by atoms with E-state index in [1.807, 2.05) is 0 Å². The molecule has 3 aromatic rings. The number of nitrogens with zero attached hydrogens (tertiary/aromatic N) is 1. The molecule has 2 aromatic carbocycles. The molecule has 140 valence electrons. The average molecular weight is 394 g/mol. The summed E-state index contributed by atoms with van der Waals surface area (Å²) in [4.78, 5) is 26.5. The molecule has 0 saturated heterocycles. The van der Waals surface area contributed by atoms with Crippen LogP contribution in [0.25, 0.3) is 21.3 Å². The number of fused-ring (bicyclic) bond motifs is 1. The van der Waals surface area contributed by atoms with Crippen LogP contribution in [0.1, 0.15) is 10.6 Å². The zero-order valence-corrected chi connectivity index (χ0v) is 14.5. The number of halogens is 3. The standard InChI is InChI=1S/C18H13F3N2O3S/c19-18(20,21)12-3-1-2-10(6-12)11-4-5-14-13(7-11)23-16(27-14)8-15(24)22-9-17(25)26/h1-7H,8-9H2,(H,22,24)(H,25,26). The van der Waals surface area contributed by atoms with Crippen LogP contribution in [0, 0.1) is 0 Å². The van der Waals surface area contributed by atoms with E-state index in [0.29, 0.717) is 21.7 Å². The number of carboxylic acids is 1. The Kier molecular flexibility index (Phi) is 5.13.